The van der Waals surface area contributed by atoms with Crippen LogP contribution in [0.1, 0.15) is 16.1 Å². The van der Waals surface area contributed by atoms with Crippen molar-refractivity contribution in [1.29, 1.82) is 0 Å². The minimum Gasteiger partial charge on any atom is -0.476 e. The standard InChI is InChI=1S/C11H9FN2O3/c12-8-1-3-9(4-2-8)14-5-7(6-15)10(13-14)11(16)17/h1-5,15H,6H2,(H,16,17). The van der Waals surface area contributed by atoms with E-state index >= 15 is 0 Å². The molecule has 0 unspecified atom stereocenters. The fourth-order valence-corrected chi connectivity index (χ4v) is 1.43. The van der Waals surface area contributed by atoms with E-state index < -0.39 is 12.6 Å². The largest absolute Gasteiger partial charge is 0.476 e. The van der Waals surface area contributed by atoms with E-state index in [0.29, 0.717) is 5.69 Å². The van der Waals surface area contributed by atoms with Gasteiger partial charge in [0.05, 0.1) is 12.3 Å². The second kappa shape index (κ2) is 4.34. The summed E-state index contributed by atoms with van der Waals surface area (Å²) < 4.78 is 14.0. The zero-order valence-corrected chi connectivity index (χ0v) is 8.67. The van der Waals surface area contributed by atoms with E-state index in [1.54, 1.807) is 0 Å². The van der Waals surface area contributed by atoms with Gasteiger partial charge in [-0.3, -0.25) is 0 Å². The summed E-state index contributed by atoms with van der Waals surface area (Å²) in [4.78, 5) is 10.8. The van der Waals surface area contributed by atoms with Crippen LogP contribution in [0.4, 0.5) is 4.39 Å². The monoisotopic (exact) mass is 236 g/mol. The summed E-state index contributed by atoms with van der Waals surface area (Å²) in [7, 11) is 0. The number of carbonyl (C=O) groups is 1. The molecule has 5 nitrogen and oxygen atoms in total. The molecule has 0 bridgehead atoms. The van der Waals surface area contributed by atoms with Gasteiger partial charge < -0.3 is 10.2 Å². The number of halogens is 1. The van der Waals surface area contributed by atoms with Crippen molar-refractivity contribution in [1.82, 2.24) is 9.78 Å². The second-order valence-electron chi connectivity index (χ2n) is 3.39. The van der Waals surface area contributed by atoms with Gasteiger partial charge in [-0.25, -0.2) is 13.9 Å². The molecule has 0 aliphatic heterocycles. The van der Waals surface area contributed by atoms with Gasteiger partial charge >= 0.3 is 5.97 Å². The number of rotatable bonds is 3. The van der Waals surface area contributed by atoms with Crippen molar-refractivity contribution in [3.8, 4) is 5.69 Å². The molecule has 0 amide bonds. The van der Waals surface area contributed by atoms with Crippen LogP contribution in [0.25, 0.3) is 5.69 Å². The Labute approximate surface area is 95.7 Å². The van der Waals surface area contributed by atoms with Crippen molar-refractivity contribution >= 4 is 5.97 Å². The maximum atomic E-state index is 12.7. The number of aliphatic hydroxyl groups excluding tert-OH is 1. The van der Waals surface area contributed by atoms with E-state index in [1.807, 2.05) is 0 Å². The third kappa shape index (κ3) is 2.16. The van der Waals surface area contributed by atoms with Gasteiger partial charge in [-0.15, -0.1) is 0 Å². The average molecular weight is 236 g/mol. The lowest BCUT2D eigenvalue weighted by molar-refractivity contribution is 0.0686. The van der Waals surface area contributed by atoms with Gasteiger partial charge in [0, 0.05) is 11.8 Å². The number of hydrogen-bond acceptors (Lipinski definition) is 3. The fourth-order valence-electron chi connectivity index (χ4n) is 1.43. The van der Waals surface area contributed by atoms with E-state index in [2.05, 4.69) is 5.10 Å². The van der Waals surface area contributed by atoms with Crippen molar-refractivity contribution in [2.24, 2.45) is 0 Å². The molecule has 0 saturated carbocycles. The van der Waals surface area contributed by atoms with Crippen LogP contribution in [-0.4, -0.2) is 26.0 Å². The molecule has 0 spiro atoms. The Morgan fingerprint density at radius 2 is 2.00 bits per heavy atom. The molecule has 0 radical (unpaired) electrons. The summed E-state index contributed by atoms with van der Waals surface area (Å²) in [5.74, 6) is -1.60. The van der Waals surface area contributed by atoms with E-state index in [-0.39, 0.29) is 17.1 Å². The molecule has 1 aromatic carbocycles. The molecule has 2 rings (SSSR count). The molecular formula is C11H9FN2O3. The molecule has 0 aliphatic carbocycles. The highest BCUT2D eigenvalue weighted by atomic mass is 19.1. The molecule has 0 atom stereocenters. The van der Waals surface area contributed by atoms with Gasteiger partial charge in [0.2, 0.25) is 0 Å². The van der Waals surface area contributed by atoms with Gasteiger partial charge in [-0.2, -0.15) is 5.10 Å². The number of aromatic nitrogens is 2. The Kier molecular flexibility index (Phi) is 2.88. The predicted octanol–water partition coefficient (Wildman–Crippen LogP) is 1.20. The molecule has 1 heterocycles. The summed E-state index contributed by atoms with van der Waals surface area (Å²) in [5, 5.41) is 21.7. The van der Waals surface area contributed by atoms with Gasteiger partial charge in [-0.05, 0) is 24.3 Å². The van der Waals surface area contributed by atoms with Gasteiger partial charge in [0.15, 0.2) is 5.69 Å². The minimum absolute atomic E-state index is 0.210. The Morgan fingerprint density at radius 1 is 1.35 bits per heavy atom. The Morgan fingerprint density at radius 3 is 2.47 bits per heavy atom. The summed E-state index contributed by atoms with van der Waals surface area (Å²) in [6.45, 7) is -0.414. The van der Waals surface area contributed by atoms with E-state index in [4.69, 9.17) is 10.2 Å². The summed E-state index contributed by atoms with van der Waals surface area (Å²) >= 11 is 0. The van der Waals surface area contributed by atoms with E-state index in [1.165, 1.54) is 35.1 Å². The Balaban J connectivity index is 2.46. The maximum absolute atomic E-state index is 12.7. The van der Waals surface area contributed by atoms with Crippen LogP contribution in [0.15, 0.2) is 30.5 Å². The van der Waals surface area contributed by atoms with Crippen LogP contribution >= 0.6 is 0 Å². The highest BCUT2D eigenvalue weighted by Gasteiger charge is 2.15. The lowest BCUT2D eigenvalue weighted by atomic mass is 10.2. The van der Waals surface area contributed by atoms with Gasteiger partial charge in [0.1, 0.15) is 5.82 Å². The predicted molar refractivity (Wildman–Crippen MR) is 56.4 cm³/mol. The number of benzene rings is 1. The molecule has 0 aliphatic rings. The molecule has 1 aromatic heterocycles. The van der Waals surface area contributed by atoms with Crippen LogP contribution in [-0.2, 0) is 6.61 Å². The summed E-state index contributed by atoms with van der Waals surface area (Å²) in [6, 6.07) is 5.43. The third-order valence-corrected chi connectivity index (χ3v) is 2.25. The number of aromatic carboxylic acids is 1. The fraction of sp³-hybridized carbons (Fsp3) is 0.0909. The quantitative estimate of drug-likeness (QED) is 0.839. The zero-order chi connectivity index (χ0) is 12.4. The third-order valence-electron chi connectivity index (χ3n) is 2.25. The van der Waals surface area contributed by atoms with Crippen molar-refractivity contribution in [3.63, 3.8) is 0 Å². The van der Waals surface area contributed by atoms with Crippen molar-refractivity contribution in [2.75, 3.05) is 0 Å². The Bertz CT molecular complexity index is 548. The lowest BCUT2D eigenvalue weighted by Crippen LogP contribution is -2.02. The Hall–Kier alpha value is -2.21. The highest BCUT2D eigenvalue weighted by Crippen LogP contribution is 2.13. The molecule has 2 aromatic rings. The van der Waals surface area contributed by atoms with Crippen LogP contribution in [0.5, 0.6) is 0 Å². The maximum Gasteiger partial charge on any atom is 0.356 e. The molecule has 88 valence electrons. The van der Waals surface area contributed by atoms with Crippen molar-refractivity contribution in [3.05, 3.63) is 47.5 Å². The second-order valence-corrected chi connectivity index (χ2v) is 3.39. The molecule has 0 fully saturated rings. The normalized spacial score (nSPS) is 10.5. The minimum atomic E-state index is -1.21. The molecule has 2 N–H and O–H groups in total. The zero-order valence-electron chi connectivity index (χ0n) is 8.67. The SMILES string of the molecule is O=C(O)c1nn(-c2ccc(F)cc2)cc1CO. The number of nitrogens with zero attached hydrogens (tertiary/aromatic N) is 2. The van der Waals surface area contributed by atoms with Gasteiger partial charge in [-0.1, -0.05) is 0 Å². The van der Waals surface area contributed by atoms with Crippen molar-refractivity contribution < 1.29 is 19.4 Å². The van der Waals surface area contributed by atoms with Crippen molar-refractivity contribution in [2.45, 2.75) is 6.61 Å². The molecule has 0 saturated heterocycles. The first kappa shape index (κ1) is 11.3. The van der Waals surface area contributed by atoms with Crippen LogP contribution < -0.4 is 0 Å². The first-order valence-corrected chi connectivity index (χ1v) is 4.80. The first-order chi connectivity index (χ1) is 8.11. The highest BCUT2D eigenvalue weighted by molar-refractivity contribution is 5.87. The van der Waals surface area contributed by atoms with Crippen LogP contribution in [0.2, 0.25) is 0 Å². The number of aliphatic hydroxyl groups is 1. The molecule has 17 heavy (non-hydrogen) atoms. The lowest BCUT2D eigenvalue weighted by Gasteiger charge is -1.99. The van der Waals surface area contributed by atoms with Crippen LogP contribution in [0, 0.1) is 5.82 Å². The molecular weight excluding hydrogens is 227 g/mol. The average Bonchev–Trinajstić information content (AvgIpc) is 2.74. The summed E-state index contributed by atoms with van der Waals surface area (Å²) in [6.07, 6.45) is 1.40. The van der Waals surface area contributed by atoms with E-state index in [9.17, 15) is 9.18 Å². The molecule has 6 heteroatoms. The van der Waals surface area contributed by atoms with E-state index in [0.717, 1.165) is 0 Å². The smallest absolute Gasteiger partial charge is 0.356 e. The number of hydrogen-bond donors (Lipinski definition) is 2. The van der Waals surface area contributed by atoms with Crippen LogP contribution in [0.3, 0.4) is 0 Å². The van der Waals surface area contributed by atoms with Gasteiger partial charge in [0.25, 0.3) is 0 Å². The number of carboxylic acids is 1. The summed E-state index contributed by atoms with van der Waals surface area (Å²) in [5.41, 5.74) is 0.521. The number of carboxylic acid groups (broad SMARTS) is 1. The topological polar surface area (TPSA) is 75.3 Å². The first-order valence-electron chi connectivity index (χ1n) is 4.80.